The summed E-state index contributed by atoms with van der Waals surface area (Å²) in [6, 6.07) is 73.2. The molecular weight excluding hydrogens is 681 g/mol. The van der Waals surface area contributed by atoms with Gasteiger partial charge in [-0.05, 0) is 77.9 Å². The van der Waals surface area contributed by atoms with E-state index in [0.29, 0.717) is 5.82 Å². The molecule has 11 aromatic rings. The van der Waals surface area contributed by atoms with Crippen LogP contribution in [0.25, 0.3) is 100 Å². The Morgan fingerprint density at radius 2 is 0.786 bits per heavy atom. The first-order chi connectivity index (χ1) is 27.8. The van der Waals surface area contributed by atoms with Gasteiger partial charge in [-0.1, -0.05) is 140 Å². The van der Waals surface area contributed by atoms with Crippen molar-refractivity contribution in [1.29, 1.82) is 0 Å². The van der Waals surface area contributed by atoms with Crippen LogP contribution >= 0.6 is 0 Å². The molecule has 8 aromatic carbocycles. The first-order valence-corrected chi connectivity index (χ1v) is 19.0. The van der Waals surface area contributed by atoms with Crippen LogP contribution < -0.4 is 0 Å². The van der Waals surface area contributed by atoms with Gasteiger partial charge in [0.25, 0.3) is 0 Å². The maximum Gasteiger partial charge on any atom is 0.160 e. The fourth-order valence-corrected chi connectivity index (χ4v) is 8.39. The Hall–Kier alpha value is -7.56. The van der Waals surface area contributed by atoms with Crippen LogP contribution in [-0.2, 0) is 0 Å². The molecule has 3 aromatic heterocycles. The molecular formula is C52H34N4. The van der Waals surface area contributed by atoms with Gasteiger partial charge in [0.05, 0.1) is 33.5 Å². The Kier molecular flexibility index (Phi) is 7.46. The number of hydrogen-bond acceptors (Lipinski definition) is 2. The summed E-state index contributed by atoms with van der Waals surface area (Å²) in [6.07, 6.45) is 0. The predicted octanol–water partition coefficient (Wildman–Crippen LogP) is 13.3. The maximum atomic E-state index is 5.19. The summed E-state index contributed by atoms with van der Waals surface area (Å²) in [5.74, 6) is 0.707. The van der Waals surface area contributed by atoms with Gasteiger partial charge >= 0.3 is 0 Å². The largest absolute Gasteiger partial charge is 0.309 e. The van der Waals surface area contributed by atoms with Gasteiger partial charge in [0, 0.05) is 49.6 Å². The van der Waals surface area contributed by atoms with Crippen molar-refractivity contribution in [3.8, 4) is 56.4 Å². The van der Waals surface area contributed by atoms with Crippen LogP contribution in [0.15, 0.2) is 206 Å². The highest BCUT2D eigenvalue weighted by Gasteiger charge is 2.19. The second-order valence-electron chi connectivity index (χ2n) is 14.2. The molecule has 0 atom stereocenters. The summed E-state index contributed by atoms with van der Waals surface area (Å²) in [7, 11) is 0. The quantitative estimate of drug-likeness (QED) is 0.172. The van der Waals surface area contributed by atoms with Gasteiger partial charge in [0.1, 0.15) is 0 Å². The summed E-state index contributed by atoms with van der Waals surface area (Å²) >= 11 is 0. The number of nitrogens with zero attached hydrogens (tertiary/aromatic N) is 4. The number of para-hydroxylation sites is 3. The average Bonchev–Trinajstić information content (AvgIpc) is 3.80. The molecule has 0 unspecified atom stereocenters. The first kappa shape index (κ1) is 31.9. The Balaban J connectivity index is 1.16. The number of hydrogen-bond donors (Lipinski definition) is 0. The van der Waals surface area contributed by atoms with E-state index in [2.05, 4.69) is 191 Å². The van der Waals surface area contributed by atoms with E-state index >= 15 is 0 Å². The second-order valence-corrected chi connectivity index (χ2v) is 14.2. The highest BCUT2D eigenvalue weighted by Crippen LogP contribution is 2.42. The minimum Gasteiger partial charge on any atom is -0.309 e. The van der Waals surface area contributed by atoms with Crippen molar-refractivity contribution in [3.63, 3.8) is 0 Å². The Bertz CT molecular complexity index is 3160. The van der Waals surface area contributed by atoms with Gasteiger partial charge in [-0.3, -0.25) is 0 Å². The summed E-state index contributed by atoms with van der Waals surface area (Å²) in [5, 5.41) is 4.85. The van der Waals surface area contributed by atoms with E-state index in [-0.39, 0.29) is 0 Å². The van der Waals surface area contributed by atoms with Crippen LogP contribution in [0.4, 0.5) is 0 Å². The zero-order chi connectivity index (χ0) is 37.0. The Morgan fingerprint density at radius 3 is 1.45 bits per heavy atom. The lowest BCUT2D eigenvalue weighted by atomic mass is 9.97. The van der Waals surface area contributed by atoms with Crippen LogP contribution in [0.3, 0.4) is 0 Å². The van der Waals surface area contributed by atoms with E-state index in [0.717, 1.165) is 50.5 Å². The molecule has 0 aliphatic heterocycles. The number of fused-ring (bicyclic) bond motifs is 6. The van der Waals surface area contributed by atoms with Crippen molar-refractivity contribution < 1.29 is 0 Å². The third-order valence-electron chi connectivity index (χ3n) is 10.9. The van der Waals surface area contributed by atoms with Crippen molar-refractivity contribution >= 4 is 43.6 Å². The minimum absolute atomic E-state index is 0.707. The van der Waals surface area contributed by atoms with Crippen LogP contribution in [0.5, 0.6) is 0 Å². The monoisotopic (exact) mass is 714 g/mol. The van der Waals surface area contributed by atoms with E-state index < -0.39 is 0 Å². The number of aromatic nitrogens is 4. The smallest absolute Gasteiger partial charge is 0.160 e. The van der Waals surface area contributed by atoms with Crippen molar-refractivity contribution in [3.05, 3.63) is 206 Å². The van der Waals surface area contributed by atoms with Crippen LogP contribution in [-0.4, -0.2) is 19.1 Å². The fourth-order valence-electron chi connectivity index (χ4n) is 8.39. The highest BCUT2D eigenvalue weighted by atomic mass is 15.0. The maximum absolute atomic E-state index is 5.19. The molecule has 56 heavy (non-hydrogen) atoms. The molecule has 3 heterocycles. The molecule has 11 rings (SSSR count). The van der Waals surface area contributed by atoms with Crippen LogP contribution in [0, 0.1) is 0 Å². The molecule has 0 aliphatic carbocycles. The molecule has 0 fully saturated rings. The van der Waals surface area contributed by atoms with Crippen molar-refractivity contribution in [2.24, 2.45) is 0 Å². The molecule has 0 saturated carbocycles. The van der Waals surface area contributed by atoms with E-state index in [9.17, 15) is 0 Å². The van der Waals surface area contributed by atoms with Gasteiger partial charge in [0.15, 0.2) is 5.82 Å². The number of rotatable bonds is 6. The first-order valence-electron chi connectivity index (χ1n) is 19.0. The lowest BCUT2D eigenvalue weighted by Crippen LogP contribution is -1.96. The lowest BCUT2D eigenvalue weighted by molar-refractivity contribution is 1.18. The fraction of sp³-hybridized carbons (Fsp3) is 0. The second kappa shape index (κ2) is 13.1. The Morgan fingerprint density at radius 1 is 0.304 bits per heavy atom. The molecule has 0 N–H and O–H groups in total. The Labute approximate surface area is 324 Å². The number of benzene rings is 8. The third-order valence-corrected chi connectivity index (χ3v) is 10.9. The molecule has 0 spiro atoms. The summed E-state index contributed by atoms with van der Waals surface area (Å²) in [6.45, 7) is 0. The summed E-state index contributed by atoms with van der Waals surface area (Å²) in [5.41, 5.74) is 14.2. The van der Waals surface area contributed by atoms with E-state index in [4.69, 9.17) is 9.97 Å². The molecule has 0 saturated heterocycles. The van der Waals surface area contributed by atoms with E-state index in [1.54, 1.807) is 0 Å². The molecule has 0 aliphatic rings. The highest BCUT2D eigenvalue weighted by molar-refractivity contribution is 6.17. The topological polar surface area (TPSA) is 35.6 Å². The van der Waals surface area contributed by atoms with Crippen molar-refractivity contribution in [2.75, 3.05) is 0 Å². The lowest BCUT2D eigenvalue weighted by Gasteiger charge is -2.10. The molecule has 0 amide bonds. The molecule has 262 valence electrons. The van der Waals surface area contributed by atoms with Crippen LogP contribution in [0.1, 0.15) is 0 Å². The zero-order valence-electron chi connectivity index (χ0n) is 30.4. The molecule has 0 radical (unpaired) electrons. The summed E-state index contributed by atoms with van der Waals surface area (Å²) < 4.78 is 4.76. The predicted molar refractivity (Wildman–Crippen MR) is 232 cm³/mol. The van der Waals surface area contributed by atoms with Gasteiger partial charge in [0.2, 0.25) is 0 Å². The molecule has 0 bridgehead atoms. The third kappa shape index (κ3) is 5.23. The van der Waals surface area contributed by atoms with Crippen molar-refractivity contribution in [1.82, 2.24) is 19.1 Å². The van der Waals surface area contributed by atoms with Crippen molar-refractivity contribution in [2.45, 2.75) is 0 Å². The average molecular weight is 715 g/mol. The normalized spacial score (nSPS) is 11.6. The van der Waals surface area contributed by atoms with Gasteiger partial charge in [-0.25, -0.2) is 9.97 Å². The minimum atomic E-state index is 0.707. The van der Waals surface area contributed by atoms with Gasteiger partial charge in [-0.2, -0.15) is 0 Å². The van der Waals surface area contributed by atoms with E-state index in [1.807, 2.05) is 24.3 Å². The van der Waals surface area contributed by atoms with Gasteiger partial charge in [-0.15, -0.1) is 0 Å². The van der Waals surface area contributed by atoms with E-state index in [1.165, 1.54) is 43.7 Å². The standard InChI is InChI=1S/C52H34N4/c1-5-16-35(17-6-1)45-34-46(54-52(53-45)36-18-7-2-8-19-36)38-29-31-49-44(33-38)43-32-37(28-30-48(43)55(49)39-20-9-3-10-21-39)41-25-15-27-50-51(41)42-24-13-14-26-47(42)56(50)40-22-11-4-12-23-40/h1-34H. The molecule has 4 heteroatoms. The zero-order valence-corrected chi connectivity index (χ0v) is 30.4. The SMILES string of the molecule is c1ccc(-c2cc(-c3ccc4c(c3)c3cc(-c5cccc6c5c5ccccc5n6-c5ccccc5)ccc3n4-c3ccccc3)nc(-c3ccccc3)n2)cc1. The van der Waals surface area contributed by atoms with Gasteiger partial charge < -0.3 is 9.13 Å². The van der Waals surface area contributed by atoms with Crippen LogP contribution in [0.2, 0.25) is 0 Å². The molecule has 4 nitrogen and oxygen atoms in total. The summed E-state index contributed by atoms with van der Waals surface area (Å²) in [4.78, 5) is 10.2.